The zero-order valence-electron chi connectivity index (χ0n) is 13.0. The highest BCUT2D eigenvalue weighted by molar-refractivity contribution is 6.02. The smallest absolute Gasteiger partial charge is 0.256 e. The van der Waals surface area contributed by atoms with Gasteiger partial charge in [0.05, 0.1) is 0 Å². The summed E-state index contributed by atoms with van der Waals surface area (Å²) >= 11 is 0. The Balaban J connectivity index is 2.04. The molecule has 1 saturated heterocycles. The maximum Gasteiger partial charge on any atom is 0.256 e. The van der Waals surface area contributed by atoms with Gasteiger partial charge < -0.3 is 9.80 Å². The van der Waals surface area contributed by atoms with Gasteiger partial charge in [0.25, 0.3) is 5.91 Å². The lowest BCUT2D eigenvalue weighted by atomic mass is 9.89. The van der Waals surface area contributed by atoms with E-state index < -0.39 is 5.66 Å². The normalized spacial score (nSPS) is 22.2. The van der Waals surface area contributed by atoms with E-state index >= 15 is 0 Å². The van der Waals surface area contributed by atoms with Crippen LogP contribution in [-0.2, 0) is 10.5 Å². The van der Waals surface area contributed by atoms with Crippen molar-refractivity contribution < 1.29 is 9.59 Å². The van der Waals surface area contributed by atoms with Gasteiger partial charge in [-0.25, -0.2) is 0 Å². The summed E-state index contributed by atoms with van der Waals surface area (Å²) in [6.45, 7) is 3.00. The maximum absolute atomic E-state index is 12.9. The molecule has 2 aliphatic rings. The second-order valence-electron chi connectivity index (χ2n) is 5.94. The van der Waals surface area contributed by atoms with Crippen molar-refractivity contribution in [2.45, 2.75) is 19.0 Å². The van der Waals surface area contributed by atoms with E-state index in [1.165, 1.54) is 0 Å². The van der Waals surface area contributed by atoms with E-state index in [0.717, 1.165) is 11.1 Å². The van der Waals surface area contributed by atoms with Crippen LogP contribution < -0.4 is 0 Å². The molecule has 1 atom stereocenters. The van der Waals surface area contributed by atoms with Crippen LogP contribution in [0.25, 0.3) is 0 Å². The Morgan fingerprint density at radius 2 is 1.74 bits per heavy atom. The topological polar surface area (TPSA) is 40.6 Å². The van der Waals surface area contributed by atoms with E-state index in [-0.39, 0.29) is 11.8 Å². The fourth-order valence-corrected chi connectivity index (χ4v) is 3.96. The Morgan fingerprint density at radius 1 is 1.04 bits per heavy atom. The quantitative estimate of drug-likeness (QED) is 0.855. The first-order valence-electron chi connectivity index (χ1n) is 7.98. The van der Waals surface area contributed by atoms with Crippen molar-refractivity contribution in [1.29, 1.82) is 0 Å². The van der Waals surface area contributed by atoms with E-state index in [4.69, 9.17) is 0 Å². The molecule has 0 bridgehead atoms. The van der Waals surface area contributed by atoms with Crippen LogP contribution in [-0.4, -0.2) is 34.7 Å². The van der Waals surface area contributed by atoms with E-state index in [9.17, 15) is 9.59 Å². The van der Waals surface area contributed by atoms with Gasteiger partial charge >= 0.3 is 0 Å². The average molecular weight is 306 g/mol. The molecule has 23 heavy (non-hydrogen) atoms. The molecule has 2 heterocycles. The van der Waals surface area contributed by atoms with Gasteiger partial charge in [-0.1, -0.05) is 55.5 Å². The molecule has 0 aliphatic carbocycles. The second-order valence-corrected chi connectivity index (χ2v) is 5.94. The molecule has 2 aromatic carbocycles. The fourth-order valence-electron chi connectivity index (χ4n) is 3.96. The van der Waals surface area contributed by atoms with Gasteiger partial charge in [-0.2, -0.15) is 0 Å². The van der Waals surface area contributed by atoms with Gasteiger partial charge in [-0.15, -0.1) is 0 Å². The predicted molar refractivity (Wildman–Crippen MR) is 86.7 cm³/mol. The molecule has 4 nitrogen and oxygen atoms in total. The fraction of sp³-hybridized carbons (Fsp3) is 0.263. The Hall–Kier alpha value is -2.62. The molecule has 1 unspecified atom stereocenters. The van der Waals surface area contributed by atoms with Crippen molar-refractivity contribution in [1.82, 2.24) is 9.80 Å². The van der Waals surface area contributed by atoms with Crippen LogP contribution in [0.4, 0.5) is 0 Å². The van der Waals surface area contributed by atoms with Gasteiger partial charge in [-0.3, -0.25) is 9.59 Å². The van der Waals surface area contributed by atoms with Gasteiger partial charge in [0.15, 0.2) is 5.66 Å². The van der Waals surface area contributed by atoms with Gasteiger partial charge in [0, 0.05) is 36.2 Å². The molecule has 2 aliphatic heterocycles. The van der Waals surface area contributed by atoms with Crippen molar-refractivity contribution in [3.8, 4) is 0 Å². The van der Waals surface area contributed by atoms with Crippen molar-refractivity contribution in [2.24, 2.45) is 0 Å². The number of hydrogen-bond donors (Lipinski definition) is 0. The van der Waals surface area contributed by atoms with E-state index in [1.54, 1.807) is 0 Å². The van der Waals surface area contributed by atoms with E-state index in [0.29, 0.717) is 25.1 Å². The minimum absolute atomic E-state index is 0.0101. The highest BCUT2D eigenvalue weighted by Crippen LogP contribution is 2.49. The molecule has 0 saturated carbocycles. The Labute approximate surface area is 135 Å². The van der Waals surface area contributed by atoms with Crippen LogP contribution in [0, 0.1) is 0 Å². The molecular formula is C19H18N2O2. The number of rotatable bonds is 2. The summed E-state index contributed by atoms with van der Waals surface area (Å²) in [6, 6.07) is 17.5. The zero-order valence-corrected chi connectivity index (χ0v) is 13.0. The Kier molecular flexibility index (Phi) is 3.01. The van der Waals surface area contributed by atoms with Crippen LogP contribution in [0.15, 0.2) is 54.6 Å². The molecule has 0 radical (unpaired) electrons. The SMILES string of the molecule is CCC(=O)N1CCN2C(=O)c3ccccc3C12c1ccccc1. The lowest BCUT2D eigenvalue weighted by Crippen LogP contribution is -2.51. The van der Waals surface area contributed by atoms with Crippen molar-refractivity contribution in [3.05, 3.63) is 71.3 Å². The maximum atomic E-state index is 12.9. The van der Waals surface area contributed by atoms with Crippen molar-refractivity contribution in [2.75, 3.05) is 13.1 Å². The molecule has 4 rings (SSSR count). The Bertz CT molecular complexity index is 787. The Morgan fingerprint density at radius 3 is 2.48 bits per heavy atom. The highest BCUT2D eigenvalue weighted by atomic mass is 16.2. The second kappa shape index (κ2) is 4.95. The highest BCUT2D eigenvalue weighted by Gasteiger charge is 2.59. The molecule has 0 aromatic heterocycles. The minimum atomic E-state index is -0.790. The van der Waals surface area contributed by atoms with Gasteiger partial charge in [0.2, 0.25) is 5.91 Å². The van der Waals surface area contributed by atoms with Gasteiger partial charge in [-0.05, 0) is 6.07 Å². The molecule has 2 aromatic rings. The summed E-state index contributed by atoms with van der Waals surface area (Å²) in [5, 5.41) is 0. The monoisotopic (exact) mass is 306 g/mol. The number of hydrogen-bond acceptors (Lipinski definition) is 2. The first-order valence-corrected chi connectivity index (χ1v) is 7.98. The van der Waals surface area contributed by atoms with Crippen LogP contribution in [0.3, 0.4) is 0 Å². The predicted octanol–water partition coefficient (Wildman–Crippen LogP) is 2.60. The molecule has 2 amide bonds. The summed E-state index contributed by atoms with van der Waals surface area (Å²) in [5.41, 5.74) is 1.79. The lowest BCUT2D eigenvalue weighted by molar-refractivity contribution is -0.136. The number of nitrogens with zero attached hydrogens (tertiary/aromatic N) is 2. The number of amides is 2. The average Bonchev–Trinajstić information content (AvgIpc) is 3.12. The van der Waals surface area contributed by atoms with Crippen molar-refractivity contribution >= 4 is 11.8 Å². The molecule has 116 valence electrons. The molecule has 0 spiro atoms. The zero-order chi connectivity index (χ0) is 16.0. The van der Waals surface area contributed by atoms with Crippen LogP contribution in [0.5, 0.6) is 0 Å². The number of fused-ring (bicyclic) bond motifs is 3. The number of carbonyl (C=O) groups is 2. The van der Waals surface area contributed by atoms with E-state index in [1.807, 2.05) is 71.3 Å². The number of carbonyl (C=O) groups excluding carboxylic acids is 2. The van der Waals surface area contributed by atoms with Crippen LogP contribution >= 0.6 is 0 Å². The first-order chi connectivity index (χ1) is 11.2. The molecule has 1 fully saturated rings. The summed E-state index contributed by atoms with van der Waals surface area (Å²) in [6.07, 6.45) is 0.429. The lowest BCUT2D eigenvalue weighted by Gasteiger charge is -2.40. The number of benzene rings is 2. The van der Waals surface area contributed by atoms with Crippen LogP contribution in [0.1, 0.15) is 34.8 Å². The van der Waals surface area contributed by atoms with E-state index in [2.05, 4.69) is 0 Å². The summed E-state index contributed by atoms with van der Waals surface area (Å²) in [4.78, 5) is 29.3. The van der Waals surface area contributed by atoms with Crippen molar-refractivity contribution in [3.63, 3.8) is 0 Å². The third-order valence-corrected chi connectivity index (χ3v) is 4.89. The standard InChI is InChI=1S/C19H18N2O2/c1-2-17(22)20-12-13-21-18(23)15-10-6-7-11-16(15)19(20,21)14-8-4-3-5-9-14/h3-11H,2,12-13H2,1H3. The van der Waals surface area contributed by atoms with Crippen LogP contribution in [0.2, 0.25) is 0 Å². The third-order valence-electron chi connectivity index (χ3n) is 4.89. The van der Waals surface area contributed by atoms with Gasteiger partial charge in [0.1, 0.15) is 0 Å². The largest absolute Gasteiger partial charge is 0.310 e. The minimum Gasteiger partial charge on any atom is -0.310 e. The summed E-state index contributed by atoms with van der Waals surface area (Å²) in [5.74, 6) is 0.0803. The molecular weight excluding hydrogens is 288 g/mol. The molecule has 4 heteroatoms. The summed E-state index contributed by atoms with van der Waals surface area (Å²) in [7, 11) is 0. The molecule has 0 N–H and O–H groups in total. The third kappa shape index (κ3) is 1.66. The summed E-state index contributed by atoms with van der Waals surface area (Å²) < 4.78 is 0. The first kappa shape index (κ1) is 14.0.